The predicted molar refractivity (Wildman–Crippen MR) is 67.5 cm³/mol. The Morgan fingerprint density at radius 2 is 2.17 bits per heavy atom. The monoisotopic (exact) mass is 247 g/mol. The van der Waals surface area contributed by atoms with Crippen molar-refractivity contribution in [3.05, 3.63) is 41.2 Å². The topological polar surface area (TPSA) is 71.0 Å². The van der Waals surface area contributed by atoms with Gasteiger partial charge in [0.25, 0.3) is 0 Å². The van der Waals surface area contributed by atoms with Crippen LogP contribution in [0.5, 0.6) is 5.75 Å². The minimum absolute atomic E-state index is 0.413. The molecule has 0 aliphatic rings. The molecule has 5 nitrogen and oxygen atoms in total. The summed E-state index contributed by atoms with van der Waals surface area (Å²) in [5.74, 6) is 1.38. The van der Waals surface area contributed by atoms with Crippen LogP contribution in [0.1, 0.15) is 28.7 Å². The van der Waals surface area contributed by atoms with E-state index in [1.54, 1.807) is 25.7 Å². The van der Waals surface area contributed by atoms with E-state index in [4.69, 9.17) is 4.74 Å². The van der Waals surface area contributed by atoms with Gasteiger partial charge in [-0.2, -0.15) is 0 Å². The van der Waals surface area contributed by atoms with E-state index in [-0.39, 0.29) is 0 Å². The van der Waals surface area contributed by atoms with Crippen molar-refractivity contribution in [1.29, 1.82) is 0 Å². The Kier molecular flexibility index (Phi) is 3.62. The van der Waals surface area contributed by atoms with E-state index in [9.17, 15) is 5.11 Å². The maximum absolute atomic E-state index is 10.0. The smallest absolute Gasteiger partial charge is 0.135 e. The molecule has 0 fully saturated rings. The van der Waals surface area contributed by atoms with Gasteiger partial charge in [0.1, 0.15) is 17.7 Å². The molecule has 1 unspecified atom stereocenters. The Labute approximate surface area is 106 Å². The molecule has 2 heterocycles. The first-order valence-corrected chi connectivity index (χ1v) is 5.80. The van der Waals surface area contributed by atoms with E-state index in [0.29, 0.717) is 12.2 Å². The Morgan fingerprint density at radius 1 is 1.39 bits per heavy atom. The molecular weight excluding hydrogens is 230 g/mol. The molecule has 2 N–H and O–H groups in total. The van der Waals surface area contributed by atoms with Gasteiger partial charge in [0.2, 0.25) is 0 Å². The third-order valence-electron chi connectivity index (χ3n) is 2.97. The van der Waals surface area contributed by atoms with Crippen LogP contribution >= 0.6 is 0 Å². The highest BCUT2D eigenvalue weighted by Crippen LogP contribution is 2.26. The number of methoxy groups -OCH3 is 1. The van der Waals surface area contributed by atoms with E-state index < -0.39 is 6.10 Å². The fourth-order valence-electron chi connectivity index (χ4n) is 2.02. The Balaban J connectivity index is 2.24. The Hall–Kier alpha value is -1.88. The molecule has 0 aliphatic heterocycles. The summed E-state index contributed by atoms with van der Waals surface area (Å²) in [4.78, 5) is 11.3. The SMILES string of the molecule is COc1c(C)cnc(CC(O)c2ncc[nH]2)c1C. The van der Waals surface area contributed by atoms with Crippen molar-refractivity contribution < 1.29 is 9.84 Å². The summed E-state index contributed by atoms with van der Waals surface area (Å²) in [6, 6.07) is 0. The van der Waals surface area contributed by atoms with Crippen molar-refractivity contribution in [2.24, 2.45) is 0 Å². The van der Waals surface area contributed by atoms with E-state index in [2.05, 4.69) is 15.0 Å². The summed E-state index contributed by atoms with van der Waals surface area (Å²) in [6.45, 7) is 3.90. The first kappa shape index (κ1) is 12.6. The zero-order valence-corrected chi connectivity index (χ0v) is 10.8. The maximum Gasteiger partial charge on any atom is 0.135 e. The molecule has 96 valence electrons. The Morgan fingerprint density at radius 3 is 2.78 bits per heavy atom. The van der Waals surface area contributed by atoms with Crippen molar-refractivity contribution >= 4 is 0 Å². The number of imidazole rings is 1. The number of nitrogens with one attached hydrogen (secondary N) is 1. The molecule has 1 atom stereocenters. The van der Waals surface area contributed by atoms with Crippen LogP contribution in [-0.2, 0) is 6.42 Å². The van der Waals surface area contributed by atoms with Gasteiger partial charge in [0.15, 0.2) is 0 Å². The van der Waals surface area contributed by atoms with E-state index in [1.807, 2.05) is 13.8 Å². The van der Waals surface area contributed by atoms with Crippen LogP contribution in [0.2, 0.25) is 0 Å². The number of aliphatic hydroxyl groups is 1. The molecule has 0 aromatic carbocycles. The first-order valence-electron chi connectivity index (χ1n) is 5.80. The van der Waals surface area contributed by atoms with Crippen LogP contribution < -0.4 is 4.74 Å². The number of ether oxygens (including phenoxy) is 1. The van der Waals surface area contributed by atoms with Crippen LogP contribution in [0.3, 0.4) is 0 Å². The number of aliphatic hydroxyl groups excluding tert-OH is 1. The lowest BCUT2D eigenvalue weighted by Gasteiger charge is -2.14. The van der Waals surface area contributed by atoms with Crippen molar-refractivity contribution in [3.8, 4) is 5.75 Å². The molecule has 0 aliphatic carbocycles. The third kappa shape index (κ3) is 2.36. The molecular formula is C13H17N3O2. The van der Waals surface area contributed by atoms with Crippen LogP contribution in [0, 0.1) is 13.8 Å². The second-order valence-electron chi connectivity index (χ2n) is 4.24. The molecule has 5 heteroatoms. The molecule has 18 heavy (non-hydrogen) atoms. The lowest BCUT2D eigenvalue weighted by molar-refractivity contribution is 0.168. The lowest BCUT2D eigenvalue weighted by atomic mass is 10.1. The van der Waals surface area contributed by atoms with Gasteiger partial charge >= 0.3 is 0 Å². The Bertz CT molecular complexity index is 523. The van der Waals surface area contributed by atoms with E-state index in [1.165, 1.54) is 0 Å². The number of aromatic nitrogens is 3. The normalized spacial score (nSPS) is 12.4. The molecule has 0 spiro atoms. The minimum Gasteiger partial charge on any atom is -0.496 e. The highest BCUT2D eigenvalue weighted by molar-refractivity contribution is 5.41. The molecule has 2 aromatic heterocycles. The first-order chi connectivity index (χ1) is 8.63. The number of H-pyrrole nitrogens is 1. The summed E-state index contributed by atoms with van der Waals surface area (Å²) in [5, 5.41) is 10.0. The summed E-state index contributed by atoms with van der Waals surface area (Å²) in [7, 11) is 1.64. The van der Waals surface area contributed by atoms with Gasteiger partial charge in [-0.15, -0.1) is 0 Å². The van der Waals surface area contributed by atoms with E-state index >= 15 is 0 Å². The van der Waals surface area contributed by atoms with Gasteiger partial charge < -0.3 is 14.8 Å². The largest absolute Gasteiger partial charge is 0.496 e. The fraction of sp³-hybridized carbons (Fsp3) is 0.385. The van der Waals surface area contributed by atoms with Crippen LogP contribution in [0.25, 0.3) is 0 Å². The number of rotatable bonds is 4. The van der Waals surface area contributed by atoms with Gasteiger partial charge in [0.05, 0.1) is 7.11 Å². The van der Waals surface area contributed by atoms with Gasteiger partial charge in [-0.1, -0.05) is 0 Å². The molecule has 0 amide bonds. The van der Waals surface area contributed by atoms with Gasteiger partial charge in [0, 0.05) is 41.8 Å². The van der Waals surface area contributed by atoms with Crippen LogP contribution in [0.4, 0.5) is 0 Å². The van der Waals surface area contributed by atoms with Crippen LogP contribution in [-0.4, -0.2) is 27.2 Å². The van der Waals surface area contributed by atoms with E-state index in [0.717, 1.165) is 22.6 Å². The minimum atomic E-state index is -0.682. The third-order valence-corrected chi connectivity index (χ3v) is 2.97. The standard InChI is InChI=1S/C13H17N3O2/c1-8-7-16-10(9(2)12(8)18-3)6-11(17)13-14-4-5-15-13/h4-5,7,11,17H,6H2,1-3H3,(H,14,15). The van der Waals surface area contributed by atoms with Gasteiger partial charge in [-0.05, 0) is 13.8 Å². The zero-order valence-electron chi connectivity index (χ0n) is 10.8. The van der Waals surface area contributed by atoms with Crippen molar-refractivity contribution in [3.63, 3.8) is 0 Å². The number of hydrogen-bond acceptors (Lipinski definition) is 4. The zero-order chi connectivity index (χ0) is 13.1. The number of nitrogens with zero attached hydrogens (tertiary/aromatic N) is 2. The second-order valence-corrected chi connectivity index (χ2v) is 4.24. The van der Waals surface area contributed by atoms with Crippen molar-refractivity contribution in [2.75, 3.05) is 7.11 Å². The average molecular weight is 247 g/mol. The molecule has 0 saturated heterocycles. The molecule has 0 radical (unpaired) electrons. The summed E-state index contributed by atoms with van der Waals surface area (Å²) in [5.41, 5.74) is 2.77. The highest BCUT2D eigenvalue weighted by atomic mass is 16.5. The molecule has 0 bridgehead atoms. The summed E-state index contributed by atoms with van der Waals surface area (Å²) < 4.78 is 5.34. The highest BCUT2D eigenvalue weighted by Gasteiger charge is 2.16. The predicted octanol–water partition coefficient (Wildman–Crippen LogP) is 1.71. The lowest BCUT2D eigenvalue weighted by Crippen LogP contribution is -2.08. The fourth-order valence-corrected chi connectivity index (χ4v) is 2.02. The molecule has 2 rings (SSSR count). The number of aryl methyl sites for hydroxylation is 1. The number of pyridine rings is 1. The quantitative estimate of drug-likeness (QED) is 0.862. The average Bonchev–Trinajstić information content (AvgIpc) is 2.87. The van der Waals surface area contributed by atoms with Gasteiger partial charge in [-0.25, -0.2) is 4.98 Å². The second kappa shape index (κ2) is 5.18. The number of hydrogen-bond donors (Lipinski definition) is 2. The maximum atomic E-state index is 10.0. The van der Waals surface area contributed by atoms with Gasteiger partial charge in [-0.3, -0.25) is 4.98 Å². The van der Waals surface area contributed by atoms with Crippen molar-refractivity contribution in [1.82, 2.24) is 15.0 Å². The molecule has 2 aromatic rings. The molecule has 0 saturated carbocycles. The summed E-state index contributed by atoms with van der Waals surface area (Å²) in [6.07, 6.45) is 4.80. The number of aromatic amines is 1. The van der Waals surface area contributed by atoms with Crippen LogP contribution in [0.15, 0.2) is 18.6 Å². The van der Waals surface area contributed by atoms with Crippen molar-refractivity contribution in [2.45, 2.75) is 26.4 Å². The summed E-state index contributed by atoms with van der Waals surface area (Å²) >= 11 is 0.